The molecule has 1 aromatic carbocycles. The molecule has 1 aromatic rings. The second kappa shape index (κ2) is 14.2. The van der Waals surface area contributed by atoms with Crippen molar-refractivity contribution in [2.45, 2.75) is 27.3 Å². The minimum Gasteiger partial charge on any atom is -0.462 e. The number of rotatable bonds is 13. The zero-order valence-corrected chi connectivity index (χ0v) is 20.0. The maximum Gasteiger partial charge on any atom is 0.332 e. The van der Waals surface area contributed by atoms with E-state index >= 15 is 0 Å². The van der Waals surface area contributed by atoms with Crippen LogP contribution in [0.25, 0.3) is 0 Å². The van der Waals surface area contributed by atoms with Gasteiger partial charge in [0.1, 0.15) is 26.4 Å². The Morgan fingerprint density at radius 1 is 0.909 bits per heavy atom. The van der Waals surface area contributed by atoms with E-state index in [1.807, 2.05) is 26.8 Å². The summed E-state index contributed by atoms with van der Waals surface area (Å²) in [6.07, 6.45) is 0. The van der Waals surface area contributed by atoms with Crippen molar-refractivity contribution in [2.24, 2.45) is 5.41 Å². The smallest absolute Gasteiger partial charge is 0.332 e. The fraction of sp³-hybridized carbons (Fsp3) is 0.565. The lowest BCUT2D eigenvalue weighted by Gasteiger charge is -2.23. The van der Waals surface area contributed by atoms with Crippen molar-refractivity contribution in [1.82, 2.24) is 10.2 Å². The van der Waals surface area contributed by atoms with Crippen LogP contribution in [0.5, 0.6) is 0 Å². The average Bonchev–Trinajstić information content (AvgIpc) is 2.75. The van der Waals surface area contributed by atoms with Gasteiger partial charge in [-0.05, 0) is 17.7 Å². The Bertz CT molecular complexity index is 780. The van der Waals surface area contributed by atoms with Crippen LogP contribution in [0.1, 0.15) is 36.7 Å². The number of hydrogen-bond donors (Lipinski definition) is 1. The van der Waals surface area contributed by atoms with Gasteiger partial charge in [0.15, 0.2) is 0 Å². The van der Waals surface area contributed by atoms with Crippen molar-refractivity contribution in [3.8, 4) is 0 Å². The zero-order chi connectivity index (χ0) is 24.9. The molecule has 0 fully saturated rings. The summed E-state index contributed by atoms with van der Waals surface area (Å²) in [6, 6.07) is 6.87. The standard InChI is InChI=1S/C23H34N2O8/c1-23(2,3)22(29)24-14-17-7-6-8-18(13-17)21(28)25(9-11-32-19(26)15-30-4)10-12-33-20(27)16-31-5/h6-8,13H,9-12,14-16H2,1-5H3,(H,24,29). The van der Waals surface area contributed by atoms with Crippen LogP contribution >= 0.6 is 0 Å². The molecule has 0 saturated heterocycles. The van der Waals surface area contributed by atoms with E-state index in [2.05, 4.69) is 5.32 Å². The summed E-state index contributed by atoms with van der Waals surface area (Å²) in [4.78, 5) is 49.7. The highest BCUT2D eigenvalue weighted by Gasteiger charge is 2.21. The van der Waals surface area contributed by atoms with Gasteiger partial charge in [0.05, 0.1) is 13.1 Å². The number of hydrogen-bond acceptors (Lipinski definition) is 8. The van der Waals surface area contributed by atoms with E-state index in [1.54, 1.807) is 18.2 Å². The number of nitrogens with one attached hydrogen (secondary N) is 1. The van der Waals surface area contributed by atoms with Crippen LogP contribution in [0.15, 0.2) is 24.3 Å². The largest absolute Gasteiger partial charge is 0.462 e. The number of carbonyl (C=O) groups is 4. The van der Waals surface area contributed by atoms with Gasteiger partial charge in [0, 0.05) is 31.7 Å². The maximum atomic E-state index is 13.1. The van der Waals surface area contributed by atoms with Crippen LogP contribution in [0.3, 0.4) is 0 Å². The van der Waals surface area contributed by atoms with Gasteiger partial charge in [-0.1, -0.05) is 32.9 Å². The Morgan fingerprint density at radius 2 is 1.45 bits per heavy atom. The van der Waals surface area contributed by atoms with Crippen molar-refractivity contribution in [2.75, 3.05) is 53.7 Å². The van der Waals surface area contributed by atoms with Gasteiger partial charge in [0.25, 0.3) is 5.91 Å². The van der Waals surface area contributed by atoms with Crippen molar-refractivity contribution in [3.05, 3.63) is 35.4 Å². The molecule has 1 rings (SSSR count). The van der Waals surface area contributed by atoms with Crippen molar-refractivity contribution in [1.29, 1.82) is 0 Å². The highest BCUT2D eigenvalue weighted by molar-refractivity contribution is 5.94. The van der Waals surface area contributed by atoms with Crippen LogP contribution in [0, 0.1) is 5.41 Å². The van der Waals surface area contributed by atoms with E-state index in [4.69, 9.17) is 18.9 Å². The highest BCUT2D eigenvalue weighted by atomic mass is 16.6. The number of carbonyl (C=O) groups excluding carboxylic acids is 4. The molecule has 10 nitrogen and oxygen atoms in total. The first kappa shape index (κ1) is 28.1. The summed E-state index contributed by atoms with van der Waals surface area (Å²) in [5, 5.41) is 2.85. The van der Waals surface area contributed by atoms with Crippen LogP contribution in [-0.2, 0) is 39.9 Å². The SMILES string of the molecule is COCC(=O)OCCN(CCOC(=O)COC)C(=O)c1cccc(CNC(=O)C(C)(C)C)c1. The molecule has 0 aliphatic rings. The summed E-state index contributed by atoms with van der Waals surface area (Å²) < 4.78 is 19.5. The minimum atomic E-state index is -0.548. The summed E-state index contributed by atoms with van der Waals surface area (Å²) in [6.45, 7) is 5.47. The van der Waals surface area contributed by atoms with Gasteiger partial charge >= 0.3 is 11.9 Å². The molecule has 0 atom stereocenters. The van der Waals surface area contributed by atoms with Crippen LogP contribution in [0.4, 0.5) is 0 Å². The lowest BCUT2D eigenvalue weighted by Crippen LogP contribution is -2.38. The van der Waals surface area contributed by atoms with E-state index in [-0.39, 0.29) is 57.9 Å². The van der Waals surface area contributed by atoms with Gasteiger partial charge in [-0.2, -0.15) is 0 Å². The van der Waals surface area contributed by atoms with Gasteiger partial charge in [-0.15, -0.1) is 0 Å². The molecule has 0 aliphatic heterocycles. The van der Waals surface area contributed by atoms with E-state index in [1.165, 1.54) is 19.1 Å². The number of nitrogens with zero attached hydrogens (tertiary/aromatic N) is 1. The van der Waals surface area contributed by atoms with Gasteiger partial charge in [-0.3, -0.25) is 9.59 Å². The topological polar surface area (TPSA) is 120 Å². The minimum absolute atomic E-state index is 0.0404. The van der Waals surface area contributed by atoms with Crippen LogP contribution in [-0.4, -0.2) is 82.4 Å². The van der Waals surface area contributed by atoms with Crippen LogP contribution in [0.2, 0.25) is 0 Å². The molecular formula is C23H34N2O8. The van der Waals surface area contributed by atoms with E-state index in [9.17, 15) is 19.2 Å². The number of ether oxygens (including phenoxy) is 4. The van der Waals surface area contributed by atoms with E-state index in [0.29, 0.717) is 5.56 Å². The average molecular weight is 467 g/mol. The number of esters is 2. The molecule has 0 unspecified atom stereocenters. The second-order valence-electron chi connectivity index (χ2n) is 8.23. The quantitative estimate of drug-likeness (QED) is 0.430. The van der Waals surface area contributed by atoms with Crippen molar-refractivity contribution < 1.29 is 38.1 Å². The molecule has 0 spiro atoms. The predicted molar refractivity (Wildman–Crippen MR) is 119 cm³/mol. The summed E-state index contributed by atoms with van der Waals surface area (Å²) >= 11 is 0. The number of benzene rings is 1. The third-order valence-corrected chi connectivity index (χ3v) is 4.37. The lowest BCUT2D eigenvalue weighted by molar-refractivity contribution is -0.148. The molecule has 10 heteroatoms. The number of methoxy groups -OCH3 is 2. The molecule has 184 valence electrons. The van der Waals surface area contributed by atoms with Gasteiger partial charge < -0.3 is 29.2 Å². The second-order valence-corrected chi connectivity index (χ2v) is 8.23. The Morgan fingerprint density at radius 3 is 1.94 bits per heavy atom. The first-order chi connectivity index (χ1) is 15.6. The molecule has 0 bridgehead atoms. The van der Waals surface area contributed by atoms with Crippen LogP contribution < -0.4 is 5.32 Å². The zero-order valence-electron chi connectivity index (χ0n) is 20.0. The lowest BCUT2D eigenvalue weighted by atomic mass is 9.95. The first-order valence-corrected chi connectivity index (χ1v) is 10.5. The third-order valence-electron chi connectivity index (χ3n) is 4.37. The highest BCUT2D eigenvalue weighted by Crippen LogP contribution is 2.14. The molecular weight excluding hydrogens is 432 g/mol. The third kappa shape index (κ3) is 10.9. The molecule has 2 amide bonds. The van der Waals surface area contributed by atoms with E-state index < -0.39 is 17.4 Å². The van der Waals surface area contributed by atoms with Gasteiger partial charge in [-0.25, -0.2) is 9.59 Å². The monoisotopic (exact) mass is 466 g/mol. The summed E-state index contributed by atoms with van der Waals surface area (Å²) in [7, 11) is 2.75. The molecule has 0 heterocycles. The van der Waals surface area contributed by atoms with E-state index in [0.717, 1.165) is 5.56 Å². The number of amides is 2. The Labute approximate surface area is 194 Å². The predicted octanol–water partition coefficient (Wildman–Crippen LogP) is 1.17. The van der Waals surface area contributed by atoms with Crippen molar-refractivity contribution >= 4 is 23.8 Å². The fourth-order valence-electron chi connectivity index (χ4n) is 2.62. The molecule has 0 saturated carbocycles. The Hall–Kier alpha value is -2.98. The maximum absolute atomic E-state index is 13.1. The Balaban J connectivity index is 2.83. The summed E-state index contributed by atoms with van der Waals surface area (Å²) in [5.74, 6) is -1.53. The molecule has 1 N–H and O–H groups in total. The molecule has 33 heavy (non-hydrogen) atoms. The van der Waals surface area contributed by atoms with Crippen molar-refractivity contribution in [3.63, 3.8) is 0 Å². The summed E-state index contributed by atoms with van der Waals surface area (Å²) in [5.41, 5.74) is 0.630. The Kier molecular flexibility index (Phi) is 12.1. The van der Waals surface area contributed by atoms with Gasteiger partial charge in [0.2, 0.25) is 5.91 Å². The fourth-order valence-corrected chi connectivity index (χ4v) is 2.62. The normalized spacial score (nSPS) is 10.9. The molecule has 0 aromatic heterocycles. The molecule has 0 aliphatic carbocycles. The first-order valence-electron chi connectivity index (χ1n) is 10.5. The molecule has 0 radical (unpaired) electrons.